The van der Waals surface area contributed by atoms with E-state index in [1.165, 1.54) is 0 Å². The van der Waals surface area contributed by atoms with Crippen molar-refractivity contribution in [3.05, 3.63) is 59.2 Å². The lowest BCUT2D eigenvalue weighted by atomic mass is 10.2. The zero-order valence-electron chi connectivity index (χ0n) is 12.6. The Morgan fingerprint density at radius 2 is 1.91 bits per heavy atom. The fourth-order valence-corrected chi connectivity index (χ4v) is 2.79. The quantitative estimate of drug-likeness (QED) is 0.721. The van der Waals surface area contributed by atoms with Crippen molar-refractivity contribution in [2.24, 2.45) is 0 Å². The molecule has 0 aliphatic rings. The molecule has 114 valence electrons. The molecule has 3 rings (SSSR count). The van der Waals surface area contributed by atoms with Crippen molar-refractivity contribution < 1.29 is 9.84 Å². The lowest BCUT2D eigenvalue weighted by Crippen LogP contribution is -1.99. The molecule has 3 aromatic rings. The van der Waals surface area contributed by atoms with E-state index in [-0.39, 0.29) is 11.8 Å². The number of aromatic hydroxyl groups is 1. The van der Waals surface area contributed by atoms with Gasteiger partial charge in [-0.25, -0.2) is 0 Å². The standard InChI is InChI=1S/C18H18ClNO2/c1-12(2)20-10-13(14-6-5-8-16(21)18(14)20)11-22-17-9-4-3-7-15(17)19/h3-10,12,21H,11H2,1-2H3. The number of rotatable bonds is 4. The lowest BCUT2D eigenvalue weighted by Gasteiger charge is -2.09. The van der Waals surface area contributed by atoms with Crippen LogP contribution in [0.5, 0.6) is 11.5 Å². The van der Waals surface area contributed by atoms with Gasteiger partial charge in [-0.05, 0) is 32.0 Å². The Hall–Kier alpha value is -2.13. The van der Waals surface area contributed by atoms with E-state index >= 15 is 0 Å². The number of phenols is 1. The zero-order valence-corrected chi connectivity index (χ0v) is 13.3. The smallest absolute Gasteiger partial charge is 0.139 e. The van der Waals surface area contributed by atoms with Crippen LogP contribution in [-0.2, 0) is 6.61 Å². The van der Waals surface area contributed by atoms with Crippen LogP contribution >= 0.6 is 11.6 Å². The number of aromatic nitrogens is 1. The van der Waals surface area contributed by atoms with Gasteiger partial charge in [0.25, 0.3) is 0 Å². The molecule has 3 nitrogen and oxygen atoms in total. The third kappa shape index (κ3) is 2.64. The highest BCUT2D eigenvalue weighted by molar-refractivity contribution is 6.32. The van der Waals surface area contributed by atoms with Crippen LogP contribution in [0.3, 0.4) is 0 Å². The largest absolute Gasteiger partial charge is 0.506 e. The second kappa shape index (κ2) is 5.93. The number of phenolic OH excluding ortho intramolecular Hbond substituents is 1. The van der Waals surface area contributed by atoms with E-state index in [4.69, 9.17) is 16.3 Å². The van der Waals surface area contributed by atoms with Crippen LogP contribution in [-0.4, -0.2) is 9.67 Å². The van der Waals surface area contributed by atoms with Crippen molar-refractivity contribution in [1.82, 2.24) is 4.57 Å². The van der Waals surface area contributed by atoms with E-state index in [1.807, 2.05) is 36.5 Å². The van der Waals surface area contributed by atoms with Crippen LogP contribution in [0, 0.1) is 0 Å². The molecule has 0 fully saturated rings. The second-order valence-electron chi connectivity index (χ2n) is 5.55. The summed E-state index contributed by atoms with van der Waals surface area (Å²) in [5, 5.41) is 11.8. The lowest BCUT2D eigenvalue weighted by molar-refractivity contribution is 0.307. The molecule has 0 saturated carbocycles. The summed E-state index contributed by atoms with van der Waals surface area (Å²) in [6.07, 6.45) is 2.03. The van der Waals surface area contributed by atoms with Crippen LogP contribution in [0.1, 0.15) is 25.5 Å². The Morgan fingerprint density at radius 3 is 2.64 bits per heavy atom. The van der Waals surface area contributed by atoms with Crippen LogP contribution in [0.25, 0.3) is 10.9 Å². The van der Waals surface area contributed by atoms with Gasteiger partial charge in [0.15, 0.2) is 0 Å². The first-order valence-electron chi connectivity index (χ1n) is 7.26. The van der Waals surface area contributed by atoms with Gasteiger partial charge in [-0.15, -0.1) is 0 Å². The van der Waals surface area contributed by atoms with E-state index in [2.05, 4.69) is 18.4 Å². The minimum atomic E-state index is 0.255. The highest BCUT2D eigenvalue weighted by atomic mass is 35.5. The van der Waals surface area contributed by atoms with Crippen LogP contribution in [0.2, 0.25) is 5.02 Å². The Morgan fingerprint density at radius 1 is 1.14 bits per heavy atom. The Balaban J connectivity index is 1.98. The number of ether oxygens (including phenoxy) is 1. The molecule has 4 heteroatoms. The monoisotopic (exact) mass is 315 g/mol. The SMILES string of the molecule is CC(C)n1cc(COc2ccccc2Cl)c2cccc(O)c21. The maximum Gasteiger partial charge on any atom is 0.139 e. The minimum absolute atomic E-state index is 0.255. The number of para-hydroxylation sites is 2. The summed E-state index contributed by atoms with van der Waals surface area (Å²) in [6, 6.07) is 13.2. The molecule has 0 bridgehead atoms. The normalized spacial score (nSPS) is 11.3. The molecule has 0 aliphatic carbocycles. The molecule has 0 saturated heterocycles. The van der Waals surface area contributed by atoms with Gasteiger partial charge in [0, 0.05) is 23.2 Å². The fourth-order valence-electron chi connectivity index (χ4n) is 2.60. The molecule has 1 N–H and O–H groups in total. The average Bonchev–Trinajstić information content (AvgIpc) is 2.87. The van der Waals surface area contributed by atoms with Gasteiger partial charge in [0.1, 0.15) is 18.1 Å². The molecule has 1 aromatic heterocycles. The summed E-state index contributed by atoms with van der Waals surface area (Å²) < 4.78 is 7.90. The summed E-state index contributed by atoms with van der Waals surface area (Å²) in [7, 11) is 0. The van der Waals surface area contributed by atoms with Crippen LogP contribution in [0.15, 0.2) is 48.7 Å². The third-order valence-electron chi connectivity index (χ3n) is 3.69. The van der Waals surface area contributed by atoms with E-state index in [0.717, 1.165) is 16.5 Å². The van der Waals surface area contributed by atoms with E-state index < -0.39 is 0 Å². The summed E-state index contributed by atoms with van der Waals surface area (Å²) in [4.78, 5) is 0. The highest BCUT2D eigenvalue weighted by Crippen LogP contribution is 2.32. The van der Waals surface area contributed by atoms with Gasteiger partial charge in [0.05, 0.1) is 10.5 Å². The predicted octanol–water partition coefficient (Wildman–Crippen LogP) is 5.16. The number of nitrogens with zero attached hydrogens (tertiary/aromatic N) is 1. The van der Waals surface area contributed by atoms with Crippen molar-refractivity contribution in [2.75, 3.05) is 0 Å². The van der Waals surface area contributed by atoms with Gasteiger partial charge in [-0.3, -0.25) is 0 Å². The number of hydrogen-bond donors (Lipinski definition) is 1. The van der Waals surface area contributed by atoms with Crippen molar-refractivity contribution in [3.8, 4) is 11.5 Å². The van der Waals surface area contributed by atoms with Crippen molar-refractivity contribution in [1.29, 1.82) is 0 Å². The van der Waals surface area contributed by atoms with E-state index in [0.29, 0.717) is 17.4 Å². The van der Waals surface area contributed by atoms with E-state index in [9.17, 15) is 5.11 Å². The van der Waals surface area contributed by atoms with Crippen LogP contribution in [0.4, 0.5) is 0 Å². The fraction of sp³-hybridized carbons (Fsp3) is 0.222. The molecule has 0 radical (unpaired) electrons. The number of halogens is 1. The molecule has 1 heterocycles. The number of hydrogen-bond acceptors (Lipinski definition) is 2. The Labute approximate surface area is 134 Å². The Kier molecular flexibility index (Phi) is 3.99. The predicted molar refractivity (Wildman–Crippen MR) is 89.8 cm³/mol. The van der Waals surface area contributed by atoms with E-state index in [1.54, 1.807) is 12.1 Å². The summed E-state index contributed by atoms with van der Waals surface area (Å²) >= 11 is 6.12. The van der Waals surface area contributed by atoms with Crippen LogP contribution < -0.4 is 4.74 Å². The maximum atomic E-state index is 10.2. The maximum absolute atomic E-state index is 10.2. The number of benzene rings is 2. The first kappa shape index (κ1) is 14.8. The van der Waals surface area contributed by atoms with Gasteiger partial charge in [-0.2, -0.15) is 0 Å². The molecular formula is C18H18ClNO2. The molecule has 0 unspecified atom stereocenters. The second-order valence-corrected chi connectivity index (χ2v) is 5.95. The molecule has 0 aliphatic heterocycles. The molecule has 22 heavy (non-hydrogen) atoms. The first-order valence-corrected chi connectivity index (χ1v) is 7.64. The number of fused-ring (bicyclic) bond motifs is 1. The zero-order chi connectivity index (χ0) is 15.7. The topological polar surface area (TPSA) is 34.4 Å². The molecule has 0 amide bonds. The van der Waals surface area contributed by atoms with Crippen molar-refractivity contribution in [3.63, 3.8) is 0 Å². The molecule has 0 spiro atoms. The molecule has 2 aromatic carbocycles. The molecular weight excluding hydrogens is 298 g/mol. The first-order chi connectivity index (χ1) is 10.6. The summed E-state index contributed by atoms with van der Waals surface area (Å²) in [5.41, 5.74) is 1.87. The minimum Gasteiger partial charge on any atom is -0.506 e. The van der Waals surface area contributed by atoms with Crippen molar-refractivity contribution in [2.45, 2.75) is 26.5 Å². The molecule has 0 atom stereocenters. The third-order valence-corrected chi connectivity index (χ3v) is 4.00. The summed E-state index contributed by atoms with van der Waals surface area (Å²) in [5.74, 6) is 0.949. The van der Waals surface area contributed by atoms with Crippen molar-refractivity contribution >= 4 is 22.5 Å². The van der Waals surface area contributed by atoms with Gasteiger partial charge in [0.2, 0.25) is 0 Å². The Bertz CT molecular complexity index is 808. The summed E-state index contributed by atoms with van der Waals surface area (Å²) in [6.45, 7) is 4.58. The van der Waals surface area contributed by atoms with Gasteiger partial charge in [-0.1, -0.05) is 35.9 Å². The highest BCUT2D eigenvalue weighted by Gasteiger charge is 2.14. The van der Waals surface area contributed by atoms with Gasteiger partial charge >= 0.3 is 0 Å². The average molecular weight is 316 g/mol. The van der Waals surface area contributed by atoms with Gasteiger partial charge < -0.3 is 14.4 Å².